The number of nitrogens with one attached hydrogen (secondary N) is 1. The highest BCUT2D eigenvalue weighted by molar-refractivity contribution is 5.33. The first-order chi connectivity index (χ1) is 9.15. The van der Waals surface area contributed by atoms with Crippen molar-refractivity contribution in [1.82, 2.24) is 20.6 Å². The number of aryl methyl sites for hydroxylation is 3. The monoisotopic (exact) mass is 257 g/mol. The van der Waals surface area contributed by atoms with E-state index in [1.54, 1.807) is 0 Å². The summed E-state index contributed by atoms with van der Waals surface area (Å²) in [6, 6.07) is 5.92. The zero-order valence-corrected chi connectivity index (χ0v) is 11.5. The molecule has 0 saturated carbocycles. The van der Waals surface area contributed by atoms with E-state index in [1.165, 1.54) is 0 Å². The summed E-state index contributed by atoms with van der Waals surface area (Å²) in [5.41, 5.74) is 7.75. The van der Waals surface area contributed by atoms with Gasteiger partial charge in [0.1, 0.15) is 0 Å². The highest BCUT2D eigenvalue weighted by Gasteiger charge is 2.17. The third kappa shape index (κ3) is 2.94. The number of aromatic nitrogens is 3. The van der Waals surface area contributed by atoms with E-state index in [1.807, 2.05) is 38.2 Å². The van der Waals surface area contributed by atoms with Gasteiger partial charge < -0.3 is 0 Å². The van der Waals surface area contributed by atoms with Crippen molar-refractivity contribution in [3.63, 3.8) is 0 Å². The van der Waals surface area contributed by atoms with Crippen molar-refractivity contribution in [2.24, 2.45) is 5.84 Å². The fraction of sp³-hybridized carbons (Fsp3) is 0.357. The molecule has 2 aromatic heterocycles. The van der Waals surface area contributed by atoms with Gasteiger partial charge in [-0.1, -0.05) is 13.0 Å². The number of hydrogen-bond acceptors (Lipinski definition) is 5. The number of nitrogens with two attached hydrogens (primary N) is 1. The molecule has 0 aromatic carbocycles. The molecule has 0 aliphatic carbocycles. The number of pyridine rings is 1. The minimum atomic E-state index is -0.114. The van der Waals surface area contributed by atoms with Gasteiger partial charge in [-0.2, -0.15) is 10.2 Å². The van der Waals surface area contributed by atoms with Crippen molar-refractivity contribution in [1.29, 1.82) is 0 Å². The normalized spacial score (nSPS) is 12.4. The summed E-state index contributed by atoms with van der Waals surface area (Å²) in [5.74, 6) is 5.72. The van der Waals surface area contributed by atoms with Gasteiger partial charge in [0.2, 0.25) is 0 Å². The summed E-state index contributed by atoms with van der Waals surface area (Å²) in [5, 5.41) is 8.34. The Hall–Kier alpha value is -1.85. The zero-order valence-electron chi connectivity index (χ0n) is 11.5. The number of hydrazine groups is 1. The Balaban J connectivity index is 2.47. The Morgan fingerprint density at radius 2 is 2.00 bits per heavy atom. The molecule has 2 rings (SSSR count). The van der Waals surface area contributed by atoms with E-state index in [9.17, 15) is 0 Å². The topological polar surface area (TPSA) is 76.7 Å². The van der Waals surface area contributed by atoms with E-state index in [0.29, 0.717) is 0 Å². The van der Waals surface area contributed by atoms with Gasteiger partial charge in [0, 0.05) is 17.5 Å². The molecule has 0 aliphatic heterocycles. The van der Waals surface area contributed by atoms with Crippen LogP contribution in [0.5, 0.6) is 0 Å². The molecule has 0 amide bonds. The lowest BCUT2D eigenvalue weighted by atomic mass is 9.98. The van der Waals surface area contributed by atoms with Crippen LogP contribution in [0.3, 0.4) is 0 Å². The van der Waals surface area contributed by atoms with Crippen molar-refractivity contribution in [2.75, 3.05) is 0 Å². The van der Waals surface area contributed by atoms with Gasteiger partial charge in [-0.25, -0.2) is 5.43 Å². The van der Waals surface area contributed by atoms with Crippen LogP contribution in [0.2, 0.25) is 0 Å². The number of nitrogens with zero attached hydrogens (tertiary/aromatic N) is 3. The van der Waals surface area contributed by atoms with Gasteiger partial charge in [-0.05, 0) is 38.0 Å². The first kappa shape index (κ1) is 13.6. The van der Waals surface area contributed by atoms with Crippen LogP contribution in [0.25, 0.3) is 0 Å². The molecule has 0 bridgehead atoms. The molecule has 2 heterocycles. The van der Waals surface area contributed by atoms with Crippen molar-refractivity contribution in [2.45, 2.75) is 33.2 Å². The maximum absolute atomic E-state index is 5.72. The van der Waals surface area contributed by atoms with E-state index in [2.05, 4.69) is 27.5 Å². The van der Waals surface area contributed by atoms with Gasteiger partial charge in [-0.3, -0.25) is 10.8 Å². The largest absolute Gasteiger partial charge is 0.271 e. The molecular weight excluding hydrogens is 238 g/mol. The summed E-state index contributed by atoms with van der Waals surface area (Å²) in [7, 11) is 0. The van der Waals surface area contributed by atoms with E-state index >= 15 is 0 Å². The first-order valence-electron chi connectivity index (χ1n) is 6.37. The fourth-order valence-electron chi connectivity index (χ4n) is 2.07. The summed E-state index contributed by atoms with van der Waals surface area (Å²) in [6.45, 7) is 5.95. The van der Waals surface area contributed by atoms with E-state index in [0.717, 1.165) is 34.6 Å². The quantitative estimate of drug-likeness (QED) is 0.642. The fourth-order valence-corrected chi connectivity index (χ4v) is 2.07. The Morgan fingerprint density at radius 1 is 1.21 bits per heavy atom. The van der Waals surface area contributed by atoms with Crippen LogP contribution in [0.4, 0.5) is 0 Å². The van der Waals surface area contributed by atoms with Crippen LogP contribution in [0, 0.1) is 13.8 Å². The lowest BCUT2D eigenvalue weighted by Crippen LogP contribution is -2.30. The highest BCUT2D eigenvalue weighted by atomic mass is 15.2. The van der Waals surface area contributed by atoms with Gasteiger partial charge in [0.25, 0.3) is 0 Å². The van der Waals surface area contributed by atoms with Crippen LogP contribution in [0.1, 0.15) is 41.2 Å². The lowest BCUT2D eigenvalue weighted by molar-refractivity contribution is 0.619. The maximum atomic E-state index is 5.72. The van der Waals surface area contributed by atoms with Crippen LogP contribution in [-0.4, -0.2) is 15.2 Å². The molecule has 1 unspecified atom stereocenters. The Kier molecular flexibility index (Phi) is 4.19. The number of hydrogen-bond donors (Lipinski definition) is 2. The Bertz CT molecular complexity index is 550. The third-order valence-corrected chi connectivity index (χ3v) is 3.11. The molecule has 1 atom stereocenters. The second-order valence-electron chi connectivity index (χ2n) is 4.57. The second kappa shape index (κ2) is 5.86. The predicted octanol–water partition coefficient (Wildman–Crippen LogP) is 1.60. The molecule has 0 aliphatic rings. The van der Waals surface area contributed by atoms with Gasteiger partial charge in [0.15, 0.2) is 0 Å². The lowest BCUT2D eigenvalue weighted by Gasteiger charge is -2.19. The van der Waals surface area contributed by atoms with Crippen LogP contribution >= 0.6 is 0 Å². The summed E-state index contributed by atoms with van der Waals surface area (Å²) in [4.78, 5) is 4.32. The molecule has 19 heavy (non-hydrogen) atoms. The molecule has 0 radical (unpaired) electrons. The van der Waals surface area contributed by atoms with E-state index in [4.69, 9.17) is 5.84 Å². The minimum Gasteiger partial charge on any atom is -0.271 e. The SMILES string of the molecule is CCc1nnc(C)cc1C(NN)c1ccc(C)nc1. The molecular formula is C14H19N5. The van der Waals surface area contributed by atoms with Crippen molar-refractivity contribution < 1.29 is 0 Å². The van der Waals surface area contributed by atoms with Crippen LogP contribution in [-0.2, 0) is 6.42 Å². The second-order valence-corrected chi connectivity index (χ2v) is 4.57. The van der Waals surface area contributed by atoms with E-state index < -0.39 is 0 Å². The summed E-state index contributed by atoms with van der Waals surface area (Å²) < 4.78 is 0. The Labute approximate surface area is 113 Å². The maximum Gasteiger partial charge on any atom is 0.0743 e. The van der Waals surface area contributed by atoms with Gasteiger partial charge in [0.05, 0.1) is 17.4 Å². The van der Waals surface area contributed by atoms with Gasteiger partial charge in [-0.15, -0.1) is 0 Å². The minimum absolute atomic E-state index is 0.114. The number of rotatable bonds is 4. The molecule has 0 saturated heterocycles. The standard InChI is InChI=1S/C14H19N5/c1-4-13-12(7-10(3)18-19-13)14(17-15)11-6-5-9(2)16-8-11/h5-8,14,17H,4,15H2,1-3H3. The highest BCUT2D eigenvalue weighted by Crippen LogP contribution is 2.23. The predicted molar refractivity (Wildman–Crippen MR) is 74.3 cm³/mol. The molecule has 5 heteroatoms. The molecule has 3 N–H and O–H groups in total. The summed E-state index contributed by atoms with van der Waals surface area (Å²) >= 11 is 0. The third-order valence-electron chi connectivity index (χ3n) is 3.11. The van der Waals surface area contributed by atoms with Crippen molar-refractivity contribution in [3.05, 3.63) is 52.6 Å². The molecule has 100 valence electrons. The van der Waals surface area contributed by atoms with Gasteiger partial charge >= 0.3 is 0 Å². The first-order valence-corrected chi connectivity index (χ1v) is 6.37. The molecule has 0 spiro atoms. The van der Waals surface area contributed by atoms with Crippen molar-refractivity contribution >= 4 is 0 Å². The molecule has 0 fully saturated rings. The van der Waals surface area contributed by atoms with Crippen LogP contribution < -0.4 is 11.3 Å². The average Bonchev–Trinajstić information content (AvgIpc) is 2.42. The average molecular weight is 257 g/mol. The zero-order chi connectivity index (χ0) is 13.8. The smallest absolute Gasteiger partial charge is 0.0743 e. The molecule has 5 nitrogen and oxygen atoms in total. The Morgan fingerprint density at radius 3 is 2.58 bits per heavy atom. The molecule has 2 aromatic rings. The van der Waals surface area contributed by atoms with Crippen molar-refractivity contribution in [3.8, 4) is 0 Å². The van der Waals surface area contributed by atoms with E-state index in [-0.39, 0.29) is 6.04 Å². The van der Waals surface area contributed by atoms with Crippen LogP contribution in [0.15, 0.2) is 24.4 Å². The summed E-state index contributed by atoms with van der Waals surface area (Å²) in [6.07, 6.45) is 2.66.